The number of alkyl halides is 3. The molecule has 176 valence electrons. The van der Waals surface area contributed by atoms with Crippen LogP contribution in [0.5, 0.6) is 5.88 Å². The smallest absolute Gasteiger partial charge is 0.429 e. The van der Waals surface area contributed by atoms with E-state index in [-0.39, 0.29) is 31.5 Å². The van der Waals surface area contributed by atoms with E-state index in [1.807, 2.05) is 0 Å². The van der Waals surface area contributed by atoms with E-state index >= 15 is 0 Å². The van der Waals surface area contributed by atoms with Crippen molar-refractivity contribution in [3.63, 3.8) is 0 Å². The van der Waals surface area contributed by atoms with Gasteiger partial charge in [0.15, 0.2) is 0 Å². The number of benzene rings is 3. The van der Waals surface area contributed by atoms with E-state index in [9.17, 15) is 21.6 Å². The largest absolute Gasteiger partial charge is 0.457 e. The van der Waals surface area contributed by atoms with E-state index in [1.165, 1.54) is 48.5 Å². The number of sulfonamides is 1. The highest BCUT2D eigenvalue weighted by Gasteiger charge is 2.44. The van der Waals surface area contributed by atoms with Crippen LogP contribution < -0.4 is 9.46 Å². The topological polar surface area (TPSA) is 81.2 Å². The van der Waals surface area contributed by atoms with Gasteiger partial charge in [0.25, 0.3) is 15.9 Å². The maximum Gasteiger partial charge on any atom is 0.429 e. The van der Waals surface area contributed by atoms with Crippen LogP contribution in [-0.4, -0.2) is 24.6 Å². The molecule has 6 nitrogen and oxygen atoms in total. The van der Waals surface area contributed by atoms with Crippen molar-refractivity contribution < 1.29 is 26.3 Å². The number of para-hydroxylation sites is 2. The average Bonchev–Trinajstić information content (AvgIpc) is 2.77. The summed E-state index contributed by atoms with van der Waals surface area (Å²) in [5.74, 6) is -1.19. The zero-order valence-corrected chi connectivity index (χ0v) is 19.3. The number of anilines is 1. The summed E-state index contributed by atoms with van der Waals surface area (Å²) in [5, 5.41) is 0.156. The Labute approximate surface area is 202 Å². The number of fused-ring (bicyclic) bond motifs is 1. The molecular formula is C22H14Cl2F3N3O3S. The average molecular weight is 528 g/mol. The van der Waals surface area contributed by atoms with Gasteiger partial charge in [-0.15, -0.1) is 0 Å². The van der Waals surface area contributed by atoms with Crippen LogP contribution >= 0.6 is 23.2 Å². The van der Waals surface area contributed by atoms with Crippen LogP contribution in [0.3, 0.4) is 0 Å². The van der Waals surface area contributed by atoms with Gasteiger partial charge in [-0.05, 0) is 36.4 Å². The fraction of sp³-hybridized carbons (Fsp3) is 0.0909. The van der Waals surface area contributed by atoms with Crippen molar-refractivity contribution >= 4 is 50.1 Å². The second-order valence-corrected chi connectivity index (χ2v) is 9.49. The number of nitrogens with zero attached hydrogens (tertiary/aromatic N) is 2. The van der Waals surface area contributed by atoms with E-state index in [0.717, 1.165) is 12.1 Å². The second-order valence-electron chi connectivity index (χ2n) is 6.99. The Morgan fingerprint density at radius 3 is 2.06 bits per heavy atom. The van der Waals surface area contributed by atoms with Crippen molar-refractivity contribution in [2.75, 3.05) is 4.72 Å². The zero-order valence-electron chi connectivity index (χ0n) is 16.9. The summed E-state index contributed by atoms with van der Waals surface area (Å²) in [6, 6.07) is 16.7. The summed E-state index contributed by atoms with van der Waals surface area (Å²) in [4.78, 5) is 7.96. The monoisotopic (exact) mass is 527 g/mol. The molecule has 0 saturated heterocycles. The molecule has 0 fully saturated rings. The highest BCUT2D eigenvalue weighted by molar-refractivity contribution is 7.92. The van der Waals surface area contributed by atoms with Crippen molar-refractivity contribution in [3.05, 3.63) is 88.4 Å². The molecular weight excluding hydrogens is 514 g/mol. The first-order chi connectivity index (χ1) is 16.0. The number of hydrogen-bond acceptors (Lipinski definition) is 5. The van der Waals surface area contributed by atoms with E-state index < -0.39 is 34.0 Å². The number of nitrogens with one attached hydrogen (secondary N) is 1. The van der Waals surface area contributed by atoms with Crippen molar-refractivity contribution in [3.8, 4) is 5.88 Å². The lowest BCUT2D eigenvalue weighted by molar-refractivity contribution is -0.198. The molecule has 4 rings (SSSR count). The van der Waals surface area contributed by atoms with Crippen LogP contribution in [0, 0.1) is 0 Å². The van der Waals surface area contributed by atoms with Gasteiger partial charge in [0.05, 0.1) is 16.1 Å². The van der Waals surface area contributed by atoms with Gasteiger partial charge in [-0.3, -0.25) is 4.72 Å². The first kappa shape index (κ1) is 24.1. The Morgan fingerprint density at radius 1 is 0.853 bits per heavy atom. The van der Waals surface area contributed by atoms with Gasteiger partial charge in [0, 0.05) is 10.6 Å². The Morgan fingerprint density at radius 2 is 1.44 bits per heavy atom. The Kier molecular flexibility index (Phi) is 6.57. The predicted molar refractivity (Wildman–Crippen MR) is 123 cm³/mol. The molecule has 0 saturated carbocycles. The van der Waals surface area contributed by atoms with Crippen molar-refractivity contribution in [2.45, 2.75) is 17.2 Å². The lowest BCUT2D eigenvalue weighted by atomic mass is 10.1. The van der Waals surface area contributed by atoms with Crippen LogP contribution in [0.4, 0.5) is 19.0 Å². The van der Waals surface area contributed by atoms with E-state index in [0.29, 0.717) is 0 Å². The van der Waals surface area contributed by atoms with Gasteiger partial charge in [0.2, 0.25) is 11.9 Å². The highest BCUT2D eigenvalue weighted by atomic mass is 35.5. The molecule has 0 bridgehead atoms. The van der Waals surface area contributed by atoms with Gasteiger partial charge in [-0.25, -0.2) is 18.4 Å². The fourth-order valence-corrected chi connectivity index (χ4v) is 4.70. The molecule has 0 amide bonds. The highest BCUT2D eigenvalue weighted by Crippen LogP contribution is 2.39. The Balaban J connectivity index is 1.82. The normalized spacial score (nSPS) is 13.0. The summed E-state index contributed by atoms with van der Waals surface area (Å²) in [5.41, 5.74) is 0.184. The molecule has 34 heavy (non-hydrogen) atoms. The summed E-state index contributed by atoms with van der Waals surface area (Å²) in [6.07, 6.45) is -7.33. The Bertz CT molecular complexity index is 1450. The third kappa shape index (κ3) is 5.19. The molecule has 4 aromatic rings. The number of halogens is 5. The lowest BCUT2D eigenvalue weighted by Crippen LogP contribution is -2.27. The fourth-order valence-electron chi connectivity index (χ4n) is 3.05. The van der Waals surface area contributed by atoms with Crippen molar-refractivity contribution in [1.82, 2.24) is 9.97 Å². The number of aromatic nitrogens is 2. The minimum absolute atomic E-state index is 0.0828. The van der Waals surface area contributed by atoms with Crippen molar-refractivity contribution in [2.24, 2.45) is 0 Å². The van der Waals surface area contributed by atoms with Gasteiger partial charge in [-0.2, -0.15) is 13.2 Å². The van der Waals surface area contributed by atoms with Crippen LogP contribution in [0.15, 0.2) is 77.7 Å². The standard InChI is InChI=1S/C22H14Cl2F3N3O3S/c23-14-11-9-13(10-12-14)19(22(25,26)27)33-21-20(28-16-6-2-3-7-17(16)29-21)30-34(31,32)18-8-4-1-5-15(18)24/h1-12,19H,(H,28,30). The minimum Gasteiger partial charge on any atom is -0.457 e. The van der Waals surface area contributed by atoms with E-state index in [2.05, 4.69) is 14.7 Å². The summed E-state index contributed by atoms with van der Waals surface area (Å²) < 4.78 is 75.1. The van der Waals surface area contributed by atoms with Crippen LogP contribution in [-0.2, 0) is 10.0 Å². The van der Waals surface area contributed by atoms with Gasteiger partial charge >= 0.3 is 6.18 Å². The molecule has 1 N–H and O–H groups in total. The SMILES string of the molecule is O=S(=O)(Nc1nc2ccccc2nc1OC(c1ccc(Cl)cc1)C(F)(F)F)c1ccccc1Cl. The maximum atomic E-state index is 13.9. The first-order valence-electron chi connectivity index (χ1n) is 9.57. The van der Waals surface area contributed by atoms with E-state index in [1.54, 1.807) is 12.1 Å². The lowest BCUT2D eigenvalue weighted by Gasteiger charge is -2.23. The number of ether oxygens (including phenoxy) is 1. The second kappa shape index (κ2) is 9.28. The predicted octanol–water partition coefficient (Wildman–Crippen LogP) is 6.42. The number of hydrogen-bond donors (Lipinski definition) is 1. The molecule has 12 heteroatoms. The molecule has 1 aromatic heterocycles. The van der Waals surface area contributed by atoms with Crippen molar-refractivity contribution in [1.29, 1.82) is 0 Å². The summed E-state index contributed by atoms with van der Waals surface area (Å²) in [7, 11) is -4.34. The molecule has 0 aliphatic rings. The van der Waals surface area contributed by atoms with Gasteiger partial charge in [-0.1, -0.05) is 59.6 Å². The molecule has 1 unspecified atom stereocenters. The third-order valence-electron chi connectivity index (χ3n) is 4.60. The first-order valence-corrected chi connectivity index (χ1v) is 11.8. The van der Waals surface area contributed by atoms with Gasteiger partial charge < -0.3 is 4.74 Å². The molecule has 0 radical (unpaired) electrons. The van der Waals surface area contributed by atoms with Crippen LogP contribution in [0.2, 0.25) is 10.0 Å². The van der Waals surface area contributed by atoms with E-state index in [4.69, 9.17) is 27.9 Å². The zero-order chi connectivity index (χ0) is 24.5. The maximum absolute atomic E-state index is 13.9. The summed E-state index contributed by atoms with van der Waals surface area (Å²) >= 11 is 11.8. The molecule has 1 atom stereocenters. The number of rotatable bonds is 6. The van der Waals surface area contributed by atoms with Crippen LogP contribution in [0.1, 0.15) is 11.7 Å². The molecule has 3 aromatic carbocycles. The Hall–Kier alpha value is -3.08. The van der Waals surface area contributed by atoms with Gasteiger partial charge in [0.1, 0.15) is 4.90 Å². The summed E-state index contributed by atoms with van der Waals surface area (Å²) in [6.45, 7) is 0. The quantitative estimate of drug-likeness (QED) is 0.313. The molecule has 0 aliphatic carbocycles. The molecule has 0 aliphatic heterocycles. The third-order valence-corrected chi connectivity index (χ3v) is 6.69. The molecule has 1 heterocycles. The minimum atomic E-state index is -4.86. The van der Waals surface area contributed by atoms with Crippen LogP contribution in [0.25, 0.3) is 11.0 Å². The molecule has 0 spiro atoms.